The van der Waals surface area contributed by atoms with E-state index in [4.69, 9.17) is 14.6 Å². The highest BCUT2D eigenvalue weighted by Crippen LogP contribution is 2.27. The Bertz CT molecular complexity index is 1390. The average molecular weight is 517 g/mol. The van der Waals surface area contributed by atoms with Gasteiger partial charge in [-0.3, -0.25) is 19.2 Å². The number of amides is 2. The van der Waals surface area contributed by atoms with Gasteiger partial charge in [0.15, 0.2) is 6.61 Å². The van der Waals surface area contributed by atoms with Crippen LogP contribution in [0, 0.1) is 0 Å². The van der Waals surface area contributed by atoms with Crippen molar-refractivity contribution in [2.24, 2.45) is 0 Å². The number of nitrogens with one attached hydrogen (secondary N) is 3. The smallest absolute Gasteiger partial charge is 0.303 e. The van der Waals surface area contributed by atoms with Crippen molar-refractivity contribution in [2.45, 2.75) is 51.7 Å². The van der Waals surface area contributed by atoms with Gasteiger partial charge in [-0.15, -0.1) is 0 Å². The Morgan fingerprint density at radius 3 is 2.53 bits per heavy atom. The van der Waals surface area contributed by atoms with Crippen molar-refractivity contribution >= 4 is 39.6 Å². The summed E-state index contributed by atoms with van der Waals surface area (Å²) in [7, 11) is 0. The van der Waals surface area contributed by atoms with Crippen LogP contribution in [-0.2, 0) is 30.6 Å². The highest BCUT2D eigenvalue weighted by molar-refractivity contribution is 6.04. The zero-order valence-electron chi connectivity index (χ0n) is 21.4. The second-order valence-corrected chi connectivity index (χ2v) is 9.10. The first-order valence-corrected chi connectivity index (χ1v) is 12.7. The lowest BCUT2D eigenvalue weighted by Gasteiger charge is -2.16. The van der Waals surface area contributed by atoms with Crippen LogP contribution in [0.2, 0.25) is 0 Å². The molecule has 38 heavy (non-hydrogen) atoms. The van der Waals surface area contributed by atoms with Gasteiger partial charge in [-0.05, 0) is 29.9 Å². The maximum Gasteiger partial charge on any atom is 0.303 e. The first-order valence-electron chi connectivity index (χ1n) is 12.7. The molecule has 1 aromatic heterocycles. The lowest BCUT2D eigenvalue weighted by Crippen LogP contribution is -2.32. The summed E-state index contributed by atoms with van der Waals surface area (Å²) >= 11 is 0. The van der Waals surface area contributed by atoms with Crippen LogP contribution in [-0.4, -0.2) is 34.4 Å². The Morgan fingerprint density at radius 1 is 0.921 bits per heavy atom. The normalized spacial score (nSPS) is 11.8. The summed E-state index contributed by atoms with van der Waals surface area (Å²) in [5.74, 6) is -0.445. The van der Waals surface area contributed by atoms with Crippen LogP contribution in [0.25, 0.3) is 21.8 Å². The van der Waals surface area contributed by atoms with Gasteiger partial charge in [0.2, 0.25) is 5.91 Å². The topological polar surface area (TPSA) is 122 Å². The Morgan fingerprint density at radius 2 is 1.71 bits per heavy atom. The molecule has 9 heteroatoms. The van der Waals surface area contributed by atoms with Crippen LogP contribution in [0.1, 0.15) is 56.5 Å². The van der Waals surface area contributed by atoms with E-state index < -0.39 is 17.9 Å². The molecule has 9 nitrogen and oxygen atoms in total. The van der Waals surface area contributed by atoms with Crippen LogP contribution in [0.4, 0.5) is 0 Å². The molecule has 0 aliphatic rings. The number of nitrogens with zero attached hydrogens (tertiary/aromatic N) is 1. The van der Waals surface area contributed by atoms with Gasteiger partial charge in [-0.2, -0.15) is 0 Å². The van der Waals surface area contributed by atoms with E-state index in [0.29, 0.717) is 31.7 Å². The van der Waals surface area contributed by atoms with Crippen molar-refractivity contribution in [3.8, 4) is 0 Å². The number of imidazole rings is 1. The number of carbonyl (C=O) groups is 3. The van der Waals surface area contributed by atoms with Crippen molar-refractivity contribution < 1.29 is 24.0 Å². The van der Waals surface area contributed by atoms with Crippen molar-refractivity contribution in [3.05, 3.63) is 78.1 Å². The Labute approximate surface area is 220 Å². The minimum Gasteiger partial charge on any atom is -0.456 e. The first-order chi connectivity index (χ1) is 18.5. The molecular formula is C29H32N4O5. The van der Waals surface area contributed by atoms with Crippen molar-refractivity contribution in [2.75, 3.05) is 6.61 Å². The third-order valence-electron chi connectivity index (χ3n) is 6.13. The van der Waals surface area contributed by atoms with Crippen molar-refractivity contribution in [1.82, 2.24) is 20.8 Å². The Balaban J connectivity index is 1.31. The van der Waals surface area contributed by atoms with Gasteiger partial charge in [0.1, 0.15) is 5.82 Å². The SMILES string of the molecule is CC(=O)OCC(=O)NC(CCCCCC(=O)NOCc1ccccc1)c1nc2c(ccc3ccccc32)[nH]1. The second kappa shape index (κ2) is 13.3. The van der Waals surface area contributed by atoms with Gasteiger partial charge in [-0.25, -0.2) is 10.5 Å². The van der Waals surface area contributed by atoms with Crippen molar-refractivity contribution in [1.29, 1.82) is 0 Å². The number of hydrogen-bond donors (Lipinski definition) is 3. The number of H-pyrrole nitrogens is 1. The molecule has 0 radical (unpaired) electrons. The lowest BCUT2D eigenvalue weighted by atomic mass is 10.1. The molecule has 0 saturated heterocycles. The molecule has 4 rings (SSSR count). The molecule has 0 aliphatic carbocycles. The van der Waals surface area contributed by atoms with E-state index in [2.05, 4.69) is 15.8 Å². The van der Waals surface area contributed by atoms with Gasteiger partial charge in [0.25, 0.3) is 5.91 Å². The highest BCUT2D eigenvalue weighted by Gasteiger charge is 2.20. The standard InChI is InChI=1S/C29H32N4O5/c1-20(34)37-19-27(36)30-25(29-31-24-17-16-22-12-8-9-13-23(22)28(24)32-29)14-6-3-7-15-26(35)33-38-18-21-10-4-2-5-11-21/h2,4-5,8-13,16-17,25H,3,6-7,14-15,18-19H2,1H3,(H,30,36)(H,31,32)(H,33,35). The van der Waals surface area contributed by atoms with Gasteiger partial charge in [0, 0.05) is 18.7 Å². The quantitative estimate of drug-likeness (QED) is 0.135. The molecule has 3 N–H and O–H groups in total. The maximum atomic E-state index is 12.4. The number of fused-ring (bicyclic) bond motifs is 3. The van der Waals surface area contributed by atoms with E-state index in [9.17, 15) is 14.4 Å². The fourth-order valence-corrected chi connectivity index (χ4v) is 4.24. The van der Waals surface area contributed by atoms with Crippen LogP contribution >= 0.6 is 0 Å². The van der Waals surface area contributed by atoms with Crippen molar-refractivity contribution in [3.63, 3.8) is 0 Å². The van der Waals surface area contributed by atoms with Gasteiger partial charge in [0.05, 0.1) is 23.7 Å². The first kappa shape index (κ1) is 26.8. The molecule has 1 heterocycles. The molecule has 0 aliphatic heterocycles. The molecule has 0 bridgehead atoms. The minimum atomic E-state index is -0.516. The molecule has 3 aromatic carbocycles. The number of benzene rings is 3. The van der Waals surface area contributed by atoms with Gasteiger partial charge >= 0.3 is 5.97 Å². The second-order valence-electron chi connectivity index (χ2n) is 9.10. The average Bonchev–Trinajstić information content (AvgIpc) is 3.37. The number of unbranched alkanes of at least 4 members (excludes halogenated alkanes) is 2. The van der Waals surface area contributed by atoms with E-state index in [1.165, 1.54) is 6.92 Å². The fraction of sp³-hybridized carbons (Fsp3) is 0.310. The number of ether oxygens (including phenoxy) is 1. The van der Waals surface area contributed by atoms with Crippen LogP contribution in [0.15, 0.2) is 66.7 Å². The molecular weight excluding hydrogens is 484 g/mol. The molecule has 198 valence electrons. The molecule has 0 spiro atoms. The molecule has 0 fully saturated rings. The zero-order valence-corrected chi connectivity index (χ0v) is 21.4. The number of hydrogen-bond acceptors (Lipinski definition) is 6. The molecule has 0 saturated carbocycles. The van der Waals surface area contributed by atoms with Crippen LogP contribution < -0.4 is 10.8 Å². The van der Waals surface area contributed by atoms with Crippen LogP contribution in [0.3, 0.4) is 0 Å². The summed E-state index contributed by atoms with van der Waals surface area (Å²) in [5.41, 5.74) is 5.18. The highest BCUT2D eigenvalue weighted by atomic mass is 16.6. The number of hydroxylamine groups is 1. The number of rotatable bonds is 13. The number of esters is 1. The predicted molar refractivity (Wildman–Crippen MR) is 144 cm³/mol. The largest absolute Gasteiger partial charge is 0.456 e. The summed E-state index contributed by atoms with van der Waals surface area (Å²) in [5, 5.41) is 5.04. The van der Waals surface area contributed by atoms with E-state index in [1.54, 1.807) is 0 Å². The third kappa shape index (κ3) is 7.63. The summed E-state index contributed by atoms with van der Waals surface area (Å²) in [6, 6.07) is 21.2. The number of carbonyl (C=O) groups excluding carboxylic acids is 3. The summed E-state index contributed by atoms with van der Waals surface area (Å²) in [6.45, 7) is 1.23. The Hall–Kier alpha value is -4.24. The van der Waals surface area contributed by atoms with E-state index >= 15 is 0 Å². The Kier molecular flexibility index (Phi) is 9.42. The third-order valence-corrected chi connectivity index (χ3v) is 6.13. The lowest BCUT2D eigenvalue weighted by molar-refractivity contribution is -0.146. The number of aromatic amines is 1. The molecule has 2 amide bonds. The maximum absolute atomic E-state index is 12.4. The monoisotopic (exact) mass is 516 g/mol. The predicted octanol–water partition coefficient (Wildman–Crippen LogP) is 4.64. The molecule has 1 unspecified atom stereocenters. The van der Waals surface area contributed by atoms with Gasteiger partial charge < -0.3 is 15.0 Å². The van der Waals surface area contributed by atoms with E-state index in [-0.39, 0.29) is 12.5 Å². The molecule has 4 aromatic rings. The summed E-state index contributed by atoms with van der Waals surface area (Å²) in [6.07, 6.45) is 3.17. The zero-order chi connectivity index (χ0) is 26.7. The minimum absolute atomic E-state index is 0.170. The summed E-state index contributed by atoms with van der Waals surface area (Å²) in [4.78, 5) is 49.1. The van der Waals surface area contributed by atoms with E-state index in [0.717, 1.165) is 40.2 Å². The van der Waals surface area contributed by atoms with Crippen LogP contribution in [0.5, 0.6) is 0 Å². The summed E-state index contributed by atoms with van der Waals surface area (Å²) < 4.78 is 4.85. The number of aromatic nitrogens is 2. The van der Waals surface area contributed by atoms with E-state index in [1.807, 2.05) is 66.7 Å². The fourth-order valence-electron chi connectivity index (χ4n) is 4.24. The molecule has 1 atom stereocenters. The van der Waals surface area contributed by atoms with Gasteiger partial charge in [-0.1, -0.05) is 73.5 Å².